The summed E-state index contributed by atoms with van der Waals surface area (Å²) in [6.07, 6.45) is 0. The minimum atomic E-state index is -0.179. The Morgan fingerprint density at radius 2 is 1.72 bits per heavy atom. The van der Waals surface area contributed by atoms with E-state index in [2.05, 4.69) is 28.9 Å². The van der Waals surface area contributed by atoms with Crippen molar-refractivity contribution in [3.05, 3.63) is 93.8 Å². The van der Waals surface area contributed by atoms with Crippen molar-refractivity contribution in [1.82, 2.24) is 10.3 Å². The molecule has 1 amide bonds. The van der Waals surface area contributed by atoms with Crippen molar-refractivity contribution in [3.63, 3.8) is 0 Å². The summed E-state index contributed by atoms with van der Waals surface area (Å²) in [6, 6.07) is 21.9. The Kier molecular flexibility index (Phi) is 6.88. The van der Waals surface area contributed by atoms with E-state index >= 15 is 0 Å². The number of halogens is 1. The van der Waals surface area contributed by atoms with Crippen LogP contribution in [-0.4, -0.2) is 17.5 Å². The lowest BCUT2D eigenvalue weighted by molar-refractivity contribution is -0.123. The molecule has 4 rings (SSSR count). The number of aryl methyl sites for hydroxylation is 2. The summed E-state index contributed by atoms with van der Waals surface area (Å²) in [5.74, 6) is 0.459. The number of aromatic nitrogens is 1. The van der Waals surface area contributed by atoms with Gasteiger partial charge in [0.2, 0.25) is 0 Å². The maximum atomic E-state index is 12.3. The van der Waals surface area contributed by atoms with Gasteiger partial charge in [0.25, 0.3) is 5.91 Å². The predicted octanol–water partition coefficient (Wildman–Crippen LogP) is 6.44. The minimum Gasteiger partial charge on any atom is -0.484 e. The number of hydrogen-bond acceptors (Lipinski definition) is 4. The number of ether oxygens (including phenoxy) is 1. The van der Waals surface area contributed by atoms with Crippen LogP contribution in [0.15, 0.2) is 72.1 Å². The number of carbonyl (C=O) groups excluding carboxylic acids is 1. The summed E-state index contributed by atoms with van der Waals surface area (Å²) in [4.78, 5) is 17.0. The first kappa shape index (κ1) is 22.1. The summed E-state index contributed by atoms with van der Waals surface area (Å²) in [5, 5.41) is 6.65. The van der Waals surface area contributed by atoms with E-state index in [0.29, 0.717) is 12.3 Å². The molecular weight excluding hydrogens is 440 g/mol. The van der Waals surface area contributed by atoms with E-state index in [1.165, 1.54) is 0 Å². The van der Waals surface area contributed by atoms with Gasteiger partial charge in [0.05, 0.1) is 5.69 Å². The number of hydrogen-bond donors (Lipinski definition) is 1. The molecular formula is C26H23ClN2O2S. The van der Waals surface area contributed by atoms with E-state index in [4.69, 9.17) is 21.3 Å². The number of nitrogens with one attached hydrogen (secondary N) is 1. The van der Waals surface area contributed by atoms with E-state index in [1.54, 1.807) is 11.3 Å². The molecule has 0 unspecified atom stereocenters. The zero-order chi connectivity index (χ0) is 22.5. The zero-order valence-electron chi connectivity index (χ0n) is 17.9. The molecule has 3 aromatic carbocycles. The van der Waals surface area contributed by atoms with Crippen LogP contribution in [0.3, 0.4) is 0 Å². The molecule has 0 saturated heterocycles. The fourth-order valence-electron chi connectivity index (χ4n) is 3.35. The molecule has 1 heterocycles. The molecule has 0 aliphatic heterocycles. The van der Waals surface area contributed by atoms with E-state index in [-0.39, 0.29) is 12.5 Å². The van der Waals surface area contributed by atoms with E-state index in [1.807, 2.05) is 62.4 Å². The van der Waals surface area contributed by atoms with Gasteiger partial charge in [0.15, 0.2) is 6.61 Å². The molecule has 0 bridgehead atoms. The second kappa shape index (κ2) is 9.98. The second-order valence-electron chi connectivity index (χ2n) is 7.54. The van der Waals surface area contributed by atoms with Crippen molar-refractivity contribution in [1.29, 1.82) is 0 Å². The van der Waals surface area contributed by atoms with Gasteiger partial charge in [-0.05, 0) is 48.7 Å². The zero-order valence-corrected chi connectivity index (χ0v) is 19.5. The number of carbonyl (C=O) groups is 1. The third-order valence-corrected chi connectivity index (χ3v) is 6.50. The van der Waals surface area contributed by atoms with Crippen molar-refractivity contribution >= 4 is 28.8 Å². The summed E-state index contributed by atoms with van der Waals surface area (Å²) < 4.78 is 5.63. The highest BCUT2D eigenvalue weighted by molar-refractivity contribution is 7.13. The first-order valence-corrected chi connectivity index (χ1v) is 11.5. The normalized spacial score (nSPS) is 10.7. The molecule has 0 fully saturated rings. The smallest absolute Gasteiger partial charge is 0.258 e. The van der Waals surface area contributed by atoms with E-state index < -0.39 is 0 Å². The van der Waals surface area contributed by atoms with Crippen molar-refractivity contribution in [3.8, 4) is 27.6 Å². The van der Waals surface area contributed by atoms with E-state index in [0.717, 1.165) is 43.5 Å². The highest BCUT2D eigenvalue weighted by Gasteiger charge is 2.09. The maximum Gasteiger partial charge on any atom is 0.258 e. The molecule has 0 spiro atoms. The van der Waals surface area contributed by atoms with Crippen LogP contribution in [0.1, 0.15) is 16.7 Å². The molecule has 0 radical (unpaired) electrons. The Bertz CT molecular complexity index is 1210. The average Bonchev–Trinajstić information content (AvgIpc) is 3.31. The lowest BCUT2D eigenvalue weighted by atomic mass is 10.1. The fraction of sp³-hybridized carbons (Fsp3) is 0.154. The van der Waals surface area contributed by atoms with Crippen LogP contribution in [0, 0.1) is 13.8 Å². The van der Waals surface area contributed by atoms with Gasteiger partial charge in [-0.2, -0.15) is 0 Å². The molecule has 0 atom stereocenters. The van der Waals surface area contributed by atoms with Crippen molar-refractivity contribution in [2.24, 2.45) is 0 Å². The molecule has 0 saturated carbocycles. The number of rotatable bonds is 7. The molecule has 4 nitrogen and oxygen atoms in total. The monoisotopic (exact) mass is 462 g/mol. The lowest BCUT2D eigenvalue weighted by Crippen LogP contribution is -2.28. The molecule has 0 aliphatic rings. The lowest BCUT2D eigenvalue weighted by Gasteiger charge is -2.10. The third-order valence-electron chi connectivity index (χ3n) is 5.02. The van der Waals surface area contributed by atoms with Crippen molar-refractivity contribution in [2.75, 3.05) is 6.61 Å². The Labute approximate surface area is 196 Å². The molecule has 32 heavy (non-hydrogen) atoms. The Morgan fingerprint density at radius 1 is 1.00 bits per heavy atom. The SMILES string of the molecule is Cc1cc(OCC(=O)NCc2cccc(-c3nc(-c4ccccc4)cs3)c2)cc(C)c1Cl. The number of benzene rings is 3. The molecule has 0 aliphatic carbocycles. The standard InChI is InChI=1S/C26H23ClN2O2S/c1-17-11-22(12-18(2)25(17)27)31-15-24(30)28-14-19-7-6-10-21(13-19)26-29-23(16-32-26)20-8-4-3-5-9-20/h3-13,16H,14-15H2,1-2H3,(H,28,30). The quantitative estimate of drug-likeness (QED) is 0.343. The third kappa shape index (κ3) is 5.36. The van der Waals surface area contributed by atoms with Crippen LogP contribution in [0.5, 0.6) is 5.75 Å². The second-order valence-corrected chi connectivity index (χ2v) is 8.78. The van der Waals surface area contributed by atoms with Gasteiger partial charge < -0.3 is 10.1 Å². The Balaban J connectivity index is 1.35. The Morgan fingerprint density at radius 3 is 2.47 bits per heavy atom. The van der Waals surface area contributed by atoms with Crippen LogP contribution >= 0.6 is 22.9 Å². The first-order chi connectivity index (χ1) is 15.5. The molecule has 6 heteroatoms. The molecule has 4 aromatic rings. The maximum absolute atomic E-state index is 12.3. The summed E-state index contributed by atoms with van der Waals surface area (Å²) in [6.45, 7) is 4.21. The minimum absolute atomic E-state index is 0.0485. The van der Waals surface area contributed by atoms with Gasteiger partial charge in [-0.15, -0.1) is 11.3 Å². The average molecular weight is 463 g/mol. The molecule has 162 valence electrons. The van der Waals surface area contributed by atoms with Crippen LogP contribution in [0.4, 0.5) is 0 Å². The largest absolute Gasteiger partial charge is 0.484 e. The van der Waals surface area contributed by atoms with Gasteiger partial charge in [-0.25, -0.2) is 4.98 Å². The van der Waals surface area contributed by atoms with Crippen molar-refractivity contribution < 1.29 is 9.53 Å². The van der Waals surface area contributed by atoms with Gasteiger partial charge in [-0.1, -0.05) is 60.1 Å². The number of amides is 1. The fourth-order valence-corrected chi connectivity index (χ4v) is 4.29. The topological polar surface area (TPSA) is 51.2 Å². The first-order valence-electron chi connectivity index (χ1n) is 10.3. The van der Waals surface area contributed by atoms with Gasteiger partial charge in [0.1, 0.15) is 10.8 Å². The van der Waals surface area contributed by atoms with Gasteiger partial charge in [-0.3, -0.25) is 4.79 Å². The van der Waals surface area contributed by atoms with Crippen molar-refractivity contribution in [2.45, 2.75) is 20.4 Å². The molecule has 1 N–H and O–H groups in total. The van der Waals surface area contributed by atoms with E-state index in [9.17, 15) is 4.79 Å². The van der Waals surface area contributed by atoms with Crippen LogP contribution in [0.2, 0.25) is 5.02 Å². The van der Waals surface area contributed by atoms with Gasteiger partial charge in [0, 0.05) is 28.1 Å². The predicted molar refractivity (Wildman–Crippen MR) is 131 cm³/mol. The van der Waals surface area contributed by atoms with Crippen LogP contribution in [0.25, 0.3) is 21.8 Å². The van der Waals surface area contributed by atoms with Crippen LogP contribution in [-0.2, 0) is 11.3 Å². The Hall–Kier alpha value is -3.15. The highest BCUT2D eigenvalue weighted by atomic mass is 35.5. The summed E-state index contributed by atoms with van der Waals surface area (Å²) >= 11 is 7.79. The molecule has 1 aromatic heterocycles. The van der Waals surface area contributed by atoms with Gasteiger partial charge >= 0.3 is 0 Å². The highest BCUT2D eigenvalue weighted by Crippen LogP contribution is 2.29. The summed E-state index contributed by atoms with van der Waals surface area (Å²) in [5.41, 5.74) is 5.96. The van der Waals surface area contributed by atoms with Crippen LogP contribution < -0.4 is 10.1 Å². The summed E-state index contributed by atoms with van der Waals surface area (Å²) in [7, 11) is 0. The number of nitrogens with zero attached hydrogens (tertiary/aromatic N) is 1. The number of thiazole rings is 1.